The number of nitrogens with one attached hydrogen (secondary N) is 1. The molecule has 0 atom stereocenters. The summed E-state index contributed by atoms with van der Waals surface area (Å²) in [4.78, 5) is 19.6. The highest BCUT2D eigenvalue weighted by Crippen LogP contribution is 2.21. The molecule has 8 nitrogen and oxygen atoms in total. The Labute approximate surface area is 123 Å². The Morgan fingerprint density at radius 1 is 1.19 bits per heavy atom. The van der Waals surface area contributed by atoms with Gasteiger partial charge in [0.1, 0.15) is 12.7 Å². The summed E-state index contributed by atoms with van der Waals surface area (Å²) in [7, 11) is 0. The molecular weight excluding hydrogens is 268 g/mol. The average molecular weight is 288 g/mol. The van der Waals surface area contributed by atoms with Crippen LogP contribution in [0.4, 0.5) is 11.9 Å². The zero-order chi connectivity index (χ0) is 14.7. The van der Waals surface area contributed by atoms with Crippen LogP contribution in [0.2, 0.25) is 0 Å². The zero-order valence-electron chi connectivity index (χ0n) is 12.4. The molecule has 1 N–H and O–H groups in total. The third-order valence-corrected chi connectivity index (χ3v) is 3.64. The molecule has 0 saturated carbocycles. The Balaban J connectivity index is 1.91. The lowest BCUT2D eigenvalue weighted by Gasteiger charge is -2.30. The van der Waals surface area contributed by atoms with E-state index in [-0.39, 0.29) is 0 Å². The Hall–Kier alpha value is -2.25. The highest BCUT2D eigenvalue weighted by molar-refractivity contribution is 5.40. The van der Waals surface area contributed by atoms with Crippen LogP contribution >= 0.6 is 0 Å². The summed E-state index contributed by atoms with van der Waals surface area (Å²) in [5.74, 6) is 2.54. The predicted molar refractivity (Wildman–Crippen MR) is 79.5 cm³/mol. The molecule has 3 rings (SSSR count). The number of hydrogen-bond acceptors (Lipinski definition) is 7. The van der Waals surface area contributed by atoms with Gasteiger partial charge in [0, 0.05) is 19.6 Å². The van der Waals surface area contributed by atoms with Crippen molar-refractivity contribution < 1.29 is 0 Å². The first-order chi connectivity index (χ1) is 10.3. The Bertz CT molecular complexity index is 574. The number of rotatable bonds is 4. The van der Waals surface area contributed by atoms with Gasteiger partial charge < -0.3 is 10.2 Å². The van der Waals surface area contributed by atoms with Crippen LogP contribution in [0.25, 0.3) is 5.95 Å². The molecular formula is C13H20N8. The highest BCUT2D eigenvalue weighted by Gasteiger charge is 2.20. The predicted octanol–water partition coefficient (Wildman–Crippen LogP) is 1.12. The summed E-state index contributed by atoms with van der Waals surface area (Å²) in [6.07, 6.45) is 5.40. The number of anilines is 2. The fraction of sp³-hybridized carbons (Fsp3) is 0.615. The van der Waals surface area contributed by atoms with Gasteiger partial charge in [-0.2, -0.15) is 24.7 Å². The monoisotopic (exact) mass is 288 g/mol. The summed E-state index contributed by atoms with van der Waals surface area (Å²) in [5, 5.41) is 7.24. The molecule has 0 aliphatic carbocycles. The van der Waals surface area contributed by atoms with Crippen LogP contribution in [0, 0.1) is 5.92 Å². The van der Waals surface area contributed by atoms with Crippen molar-refractivity contribution in [2.75, 3.05) is 29.9 Å². The Kier molecular flexibility index (Phi) is 3.94. The SMILES string of the molecule is CCNc1nc(N2CCC(C)CC2)nc(-n2cncn2)n1. The lowest BCUT2D eigenvalue weighted by Crippen LogP contribution is -2.34. The molecule has 0 unspecified atom stereocenters. The third-order valence-electron chi connectivity index (χ3n) is 3.64. The van der Waals surface area contributed by atoms with Gasteiger partial charge in [0.25, 0.3) is 5.95 Å². The van der Waals surface area contributed by atoms with E-state index in [4.69, 9.17) is 0 Å². The van der Waals surface area contributed by atoms with Crippen LogP contribution in [0.15, 0.2) is 12.7 Å². The smallest absolute Gasteiger partial charge is 0.258 e. The van der Waals surface area contributed by atoms with E-state index in [0.29, 0.717) is 17.8 Å². The van der Waals surface area contributed by atoms with E-state index in [1.54, 1.807) is 11.0 Å². The van der Waals surface area contributed by atoms with Gasteiger partial charge in [-0.05, 0) is 25.7 Å². The Morgan fingerprint density at radius 3 is 2.62 bits per heavy atom. The molecule has 0 aromatic carbocycles. The topological polar surface area (TPSA) is 84.7 Å². The van der Waals surface area contributed by atoms with Gasteiger partial charge in [-0.1, -0.05) is 6.92 Å². The molecule has 3 heterocycles. The van der Waals surface area contributed by atoms with Crippen molar-refractivity contribution in [1.82, 2.24) is 29.7 Å². The van der Waals surface area contributed by atoms with Crippen LogP contribution < -0.4 is 10.2 Å². The van der Waals surface area contributed by atoms with Crippen LogP contribution in [0.5, 0.6) is 0 Å². The molecule has 0 amide bonds. The van der Waals surface area contributed by atoms with Crippen molar-refractivity contribution in [1.29, 1.82) is 0 Å². The summed E-state index contributed by atoms with van der Waals surface area (Å²) < 4.78 is 1.55. The minimum atomic E-state index is 0.493. The van der Waals surface area contributed by atoms with Gasteiger partial charge >= 0.3 is 0 Å². The summed E-state index contributed by atoms with van der Waals surface area (Å²) in [6, 6.07) is 0. The highest BCUT2D eigenvalue weighted by atomic mass is 15.4. The lowest BCUT2D eigenvalue weighted by molar-refractivity contribution is 0.434. The molecule has 112 valence electrons. The quantitative estimate of drug-likeness (QED) is 0.902. The minimum Gasteiger partial charge on any atom is -0.354 e. The maximum atomic E-state index is 4.53. The van der Waals surface area contributed by atoms with Crippen molar-refractivity contribution >= 4 is 11.9 Å². The Morgan fingerprint density at radius 2 is 1.95 bits per heavy atom. The number of aromatic nitrogens is 6. The fourth-order valence-electron chi connectivity index (χ4n) is 2.36. The first-order valence-electron chi connectivity index (χ1n) is 7.36. The first kappa shape index (κ1) is 13.7. The molecule has 1 saturated heterocycles. The molecule has 8 heteroatoms. The van der Waals surface area contributed by atoms with Crippen LogP contribution in [0.1, 0.15) is 26.7 Å². The molecule has 1 aliphatic heterocycles. The maximum absolute atomic E-state index is 4.53. The standard InChI is InChI=1S/C13H20N8/c1-3-15-11-17-12(20-6-4-10(2)5-7-20)19-13(18-11)21-9-14-8-16-21/h8-10H,3-7H2,1-2H3,(H,15,17,18,19). The van der Waals surface area contributed by atoms with Crippen molar-refractivity contribution in [2.24, 2.45) is 5.92 Å². The summed E-state index contributed by atoms with van der Waals surface area (Å²) >= 11 is 0. The van der Waals surface area contributed by atoms with E-state index in [1.807, 2.05) is 6.92 Å². The van der Waals surface area contributed by atoms with Crippen LogP contribution in [-0.4, -0.2) is 49.4 Å². The van der Waals surface area contributed by atoms with Crippen LogP contribution in [-0.2, 0) is 0 Å². The van der Waals surface area contributed by atoms with E-state index >= 15 is 0 Å². The van der Waals surface area contributed by atoms with E-state index in [2.05, 4.69) is 42.2 Å². The molecule has 0 bridgehead atoms. The maximum Gasteiger partial charge on any atom is 0.258 e. The summed E-state index contributed by atoms with van der Waals surface area (Å²) in [5.41, 5.74) is 0. The molecule has 1 fully saturated rings. The molecule has 2 aromatic rings. The van der Waals surface area contributed by atoms with Gasteiger partial charge in [0.05, 0.1) is 0 Å². The van der Waals surface area contributed by atoms with E-state index < -0.39 is 0 Å². The molecule has 0 radical (unpaired) electrons. The van der Waals surface area contributed by atoms with E-state index in [9.17, 15) is 0 Å². The summed E-state index contributed by atoms with van der Waals surface area (Å²) in [6.45, 7) is 7.02. The molecule has 2 aromatic heterocycles. The lowest BCUT2D eigenvalue weighted by atomic mass is 10.00. The van der Waals surface area contributed by atoms with E-state index in [1.165, 1.54) is 19.2 Å². The second-order valence-electron chi connectivity index (χ2n) is 5.30. The number of hydrogen-bond donors (Lipinski definition) is 1. The van der Waals surface area contributed by atoms with Crippen molar-refractivity contribution in [2.45, 2.75) is 26.7 Å². The second kappa shape index (κ2) is 6.02. The van der Waals surface area contributed by atoms with Gasteiger partial charge in [-0.25, -0.2) is 4.98 Å². The number of nitrogens with zero attached hydrogens (tertiary/aromatic N) is 7. The fourth-order valence-corrected chi connectivity index (χ4v) is 2.36. The van der Waals surface area contributed by atoms with Crippen molar-refractivity contribution in [3.05, 3.63) is 12.7 Å². The van der Waals surface area contributed by atoms with Gasteiger partial charge in [0.15, 0.2) is 0 Å². The minimum absolute atomic E-state index is 0.493. The molecule has 0 spiro atoms. The largest absolute Gasteiger partial charge is 0.354 e. The third kappa shape index (κ3) is 3.09. The van der Waals surface area contributed by atoms with Crippen molar-refractivity contribution in [3.8, 4) is 5.95 Å². The zero-order valence-corrected chi connectivity index (χ0v) is 12.4. The number of piperidine rings is 1. The first-order valence-corrected chi connectivity index (χ1v) is 7.36. The van der Waals surface area contributed by atoms with Gasteiger partial charge in [-0.15, -0.1) is 0 Å². The van der Waals surface area contributed by atoms with Crippen molar-refractivity contribution in [3.63, 3.8) is 0 Å². The normalized spacial score (nSPS) is 16.2. The van der Waals surface area contributed by atoms with E-state index in [0.717, 1.165) is 25.6 Å². The van der Waals surface area contributed by atoms with Gasteiger partial charge in [-0.3, -0.25) is 0 Å². The van der Waals surface area contributed by atoms with Crippen LogP contribution in [0.3, 0.4) is 0 Å². The molecule has 1 aliphatic rings. The van der Waals surface area contributed by atoms with Gasteiger partial charge in [0.2, 0.25) is 11.9 Å². The average Bonchev–Trinajstić information content (AvgIpc) is 3.02. The second-order valence-corrected chi connectivity index (χ2v) is 5.30. The molecule has 21 heavy (non-hydrogen) atoms.